The predicted octanol–water partition coefficient (Wildman–Crippen LogP) is 1.67. The van der Waals surface area contributed by atoms with Crippen LogP contribution in [0, 0.1) is 0 Å². The average molecular weight is 252 g/mol. The van der Waals surface area contributed by atoms with Crippen LogP contribution in [-0.2, 0) is 0 Å². The normalized spacial score (nSPS) is 19.1. The van der Waals surface area contributed by atoms with Crippen LogP contribution in [0.1, 0.15) is 16.8 Å². The molecule has 2 rings (SSSR count). The fourth-order valence-corrected chi connectivity index (χ4v) is 2.71. The smallest absolute Gasteiger partial charge is 0.254 e. The van der Waals surface area contributed by atoms with Gasteiger partial charge in [-0.25, -0.2) is 4.98 Å². The fourth-order valence-electron chi connectivity index (χ4n) is 1.61. The Morgan fingerprint density at radius 1 is 1.53 bits per heavy atom. The molecule has 0 radical (unpaired) electrons. The van der Waals surface area contributed by atoms with Gasteiger partial charge in [-0.1, -0.05) is 0 Å². The maximum atomic E-state index is 11.6. The lowest BCUT2D eigenvalue weighted by Crippen LogP contribution is -2.22. The third-order valence-corrected chi connectivity index (χ3v) is 3.70. The van der Waals surface area contributed by atoms with Crippen molar-refractivity contribution in [2.45, 2.75) is 12.5 Å². The van der Waals surface area contributed by atoms with Crippen LogP contribution < -0.4 is 4.74 Å². The first-order chi connectivity index (χ1) is 8.16. The molecule has 1 aliphatic heterocycles. The van der Waals surface area contributed by atoms with Gasteiger partial charge in [0.05, 0.1) is 5.56 Å². The van der Waals surface area contributed by atoms with Crippen molar-refractivity contribution < 1.29 is 9.53 Å². The molecule has 0 unspecified atom stereocenters. The van der Waals surface area contributed by atoms with Gasteiger partial charge in [-0.05, 0) is 18.2 Å². The SMILES string of the molecule is CN(C)C(=O)c1ccc(O[C@H]2CCSC2)nc1. The van der Waals surface area contributed by atoms with Crippen LogP contribution in [0.4, 0.5) is 0 Å². The summed E-state index contributed by atoms with van der Waals surface area (Å²) in [7, 11) is 3.45. The molecule has 0 saturated carbocycles. The summed E-state index contributed by atoms with van der Waals surface area (Å²) < 4.78 is 5.71. The molecule has 1 aliphatic rings. The van der Waals surface area contributed by atoms with Gasteiger partial charge in [0.2, 0.25) is 5.88 Å². The average Bonchev–Trinajstić information content (AvgIpc) is 2.82. The van der Waals surface area contributed by atoms with Crippen LogP contribution in [0.15, 0.2) is 18.3 Å². The van der Waals surface area contributed by atoms with Gasteiger partial charge in [0, 0.05) is 32.1 Å². The minimum atomic E-state index is -0.0412. The second-order valence-corrected chi connectivity index (χ2v) is 5.34. The summed E-state index contributed by atoms with van der Waals surface area (Å²) in [6.07, 6.45) is 2.91. The topological polar surface area (TPSA) is 42.4 Å². The van der Waals surface area contributed by atoms with E-state index in [-0.39, 0.29) is 12.0 Å². The highest BCUT2D eigenvalue weighted by Gasteiger charge is 2.17. The lowest BCUT2D eigenvalue weighted by Gasteiger charge is -2.12. The fraction of sp³-hybridized carbons (Fsp3) is 0.500. The molecule has 0 spiro atoms. The molecule has 92 valence electrons. The molecule has 2 heterocycles. The maximum Gasteiger partial charge on any atom is 0.254 e. The van der Waals surface area contributed by atoms with Crippen molar-refractivity contribution >= 4 is 17.7 Å². The van der Waals surface area contributed by atoms with Gasteiger partial charge < -0.3 is 9.64 Å². The van der Waals surface area contributed by atoms with Crippen molar-refractivity contribution in [3.05, 3.63) is 23.9 Å². The van der Waals surface area contributed by atoms with E-state index in [0.29, 0.717) is 11.4 Å². The molecule has 0 N–H and O–H groups in total. The van der Waals surface area contributed by atoms with E-state index in [2.05, 4.69) is 4.98 Å². The highest BCUT2D eigenvalue weighted by molar-refractivity contribution is 7.99. The van der Waals surface area contributed by atoms with E-state index in [0.717, 1.165) is 17.9 Å². The number of pyridine rings is 1. The molecule has 4 nitrogen and oxygen atoms in total. The highest BCUT2D eigenvalue weighted by Crippen LogP contribution is 2.22. The minimum Gasteiger partial charge on any atom is -0.473 e. The van der Waals surface area contributed by atoms with Crippen molar-refractivity contribution in [1.29, 1.82) is 0 Å². The number of nitrogens with zero attached hydrogens (tertiary/aromatic N) is 2. The molecule has 1 aromatic rings. The van der Waals surface area contributed by atoms with Crippen molar-refractivity contribution in [1.82, 2.24) is 9.88 Å². The van der Waals surface area contributed by atoms with E-state index in [9.17, 15) is 4.79 Å². The van der Waals surface area contributed by atoms with Crippen LogP contribution in [0.25, 0.3) is 0 Å². The van der Waals surface area contributed by atoms with Gasteiger partial charge in [0.25, 0.3) is 5.91 Å². The number of carbonyl (C=O) groups excluding carboxylic acids is 1. The summed E-state index contributed by atoms with van der Waals surface area (Å²) in [5, 5.41) is 0. The standard InChI is InChI=1S/C12H16N2O2S/c1-14(2)12(15)9-3-4-11(13-7-9)16-10-5-6-17-8-10/h3-4,7,10H,5-6,8H2,1-2H3/t10-/m0/s1. The van der Waals surface area contributed by atoms with Crippen molar-refractivity contribution in [2.75, 3.05) is 25.6 Å². The van der Waals surface area contributed by atoms with Crippen LogP contribution in [0.3, 0.4) is 0 Å². The lowest BCUT2D eigenvalue weighted by molar-refractivity contribution is 0.0827. The molecule has 0 aromatic carbocycles. The molecule has 5 heteroatoms. The number of hydrogen-bond acceptors (Lipinski definition) is 4. The highest BCUT2D eigenvalue weighted by atomic mass is 32.2. The number of rotatable bonds is 3. The second kappa shape index (κ2) is 5.40. The molecular formula is C12H16N2O2S. The van der Waals surface area contributed by atoms with Gasteiger partial charge in [0.15, 0.2) is 0 Å². The Morgan fingerprint density at radius 3 is 2.88 bits per heavy atom. The summed E-state index contributed by atoms with van der Waals surface area (Å²) in [6, 6.07) is 3.52. The largest absolute Gasteiger partial charge is 0.473 e. The Kier molecular flexibility index (Phi) is 3.89. The van der Waals surface area contributed by atoms with E-state index >= 15 is 0 Å². The summed E-state index contributed by atoms with van der Waals surface area (Å²) in [5.41, 5.74) is 0.586. The number of ether oxygens (including phenoxy) is 1. The lowest BCUT2D eigenvalue weighted by atomic mass is 10.2. The Bertz CT molecular complexity index is 386. The zero-order valence-corrected chi connectivity index (χ0v) is 10.9. The molecule has 0 bridgehead atoms. The van der Waals surface area contributed by atoms with E-state index in [4.69, 9.17) is 4.74 Å². The molecule has 1 saturated heterocycles. The van der Waals surface area contributed by atoms with Crippen LogP contribution in [-0.4, -0.2) is 47.5 Å². The van der Waals surface area contributed by atoms with Gasteiger partial charge in [0.1, 0.15) is 6.10 Å². The van der Waals surface area contributed by atoms with Gasteiger partial charge >= 0.3 is 0 Å². The third kappa shape index (κ3) is 3.12. The van der Waals surface area contributed by atoms with Crippen LogP contribution in [0.5, 0.6) is 5.88 Å². The Morgan fingerprint density at radius 2 is 2.35 bits per heavy atom. The minimum absolute atomic E-state index is 0.0412. The number of thioether (sulfide) groups is 1. The van der Waals surface area contributed by atoms with Crippen molar-refractivity contribution in [3.63, 3.8) is 0 Å². The molecule has 1 amide bonds. The molecule has 17 heavy (non-hydrogen) atoms. The van der Waals surface area contributed by atoms with Gasteiger partial charge in [-0.2, -0.15) is 11.8 Å². The van der Waals surface area contributed by atoms with Crippen molar-refractivity contribution in [3.8, 4) is 5.88 Å². The summed E-state index contributed by atoms with van der Waals surface area (Å²) in [5.74, 6) is 2.75. The number of aromatic nitrogens is 1. The monoisotopic (exact) mass is 252 g/mol. The predicted molar refractivity (Wildman–Crippen MR) is 68.6 cm³/mol. The van der Waals surface area contributed by atoms with E-state index < -0.39 is 0 Å². The van der Waals surface area contributed by atoms with Crippen molar-refractivity contribution in [2.24, 2.45) is 0 Å². The molecular weight excluding hydrogens is 236 g/mol. The Hall–Kier alpha value is -1.23. The first kappa shape index (κ1) is 12.2. The molecule has 1 aromatic heterocycles. The quantitative estimate of drug-likeness (QED) is 0.820. The number of carbonyl (C=O) groups is 1. The molecule has 0 aliphatic carbocycles. The molecule has 1 atom stereocenters. The zero-order valence-electron chi connectivity index (χ0n) is 10.0. The first-order valence-electron chi connectivity index (χ1n) is 5.59. The Balaban J connectivity index is 1.99. The van der Waals surface area contributed by atoms with Gasteiger partial charge in [-0.3, -0.25) is 4.79 Å². The van der Waals surface area contributed by atoms with E-state index in [1.807, 2.05) is 11.8 Å². The van der Waals surface area contributed by atoms with E-state index in [1.54, 1.807) is 32.4 Å². The third-order valence-electron chi connectivity index (χ3n) is 2.56. The summed E-state index contributed by atoms with van der Waals surface area (Å²) >= 11 is 1.90. The number of hydrogen-bond donors (Lipinski definition) is 0. The van der Waals surface area contributed by atoms with Gasteiger partial charge in [-0.15, -0.1) is 0 Å². The van der Waals surface area contributed by atoms with Crippen LogP contribution >= 0.6 is 11.8 Å². The maximum absolute atomic E-state index is 11.6. The van der Waals surface area contributed by atoms with E-state index in [1.165, 1.54) is 4.90 Å². The zero-order chi connectivity index (χ0) is 12.3. The summed E-state index contributed by atoms with van der Waals surface area (Å²) in [4.78, 5) is 17.3. The van der Waals surface area contributed by atoms with Crippen LogP contribution in [0.2, 0.25) is 0 Å². The first-order valence-corrected chi connectivity index (χ1v) is 6.74. The second-order valence-electron chi connectivity index (χ2n) is 4.19. The summed E-state index contributed by atoms with van der Waals surface area (Å²) in [6.45, 7) is 0. The Labute approximate surface area is 105 Å². The molecule has 1 fully saturated rings. The number of amides is 1.